The van der Waals surface area contributed by atoms with Gasteiger partial charge in [0.1, 0.15) is 16.2 Å². The first-order valence-electron chi connectivity index (χ1n) is 9.36. The van der Waals surface area contributed by atoms with Crippen LogP contribution in [0.4, 0.5) is 28.9 Å². The predicted octanol–water partition coefficient (Wildman–Crippen LogP) is 4.99. The van der Waals surface area contributed by atoms with E-state index < -0.39 is 50.4 Å². The van der Waals surface area contributed by atoms with E-state index in [0.717, 1.165) is 6.07 Å². The van der Waals surface area contributed by atoms with E-state index in [1.807, 2.05) is 0 Å². The molecule has 0 heterocycles. The first kappa shape index (κ1) is 23.9. The molecular formula is C23H18F4N2O3S. The summed E-state index contributed by atoms with van der Waals surface area (Å²) in [6, 6.07) is 10.2. The second-order valence-corrected chi connectivity index (χ2v) is 7.74. The average Bonchev–Trinajstić information content (AvgIpc) is 2.81. The lowest BCUT2D eigenvalue weighted by Crippen LogP contribution is -2.15. The van der Waals surface area contributed by atoms with Crippen LogP contribution in [0.2, 0.25) is 0 Å². The number of anilines is 2. The van der Waals surface area contributed by atoms with Gasteiger partial charge in [-0.15, -0.1) is 6.42 Å². The van der Waals surface area contributed by atoms with Gasteiger partial charge in [0, 0.05) is 18.3 Å². The van der Waals surface area contributed by atoms with Crippen LogP contribution >= 0.6 is 0 Å². The van der Waals surface area contributed by atoms with Crippen LogP contribution in [0.25, 0.3) is 0 Å². The summed E-state index contributed by atoms with van der Waals surface area (Å²) in [6.45, 7) is -0.0304. The monoisotopic (exact) mass is 478 g/mol. The second kappa shape index (κ2) is 10.3. The van der Waals surface area contributed by atoms with Gasteiger partial charge < -0.3 is 19.5 Å². The minimum atomic E-state index is -2.53. The Balaban J connectivity index is 1.99. The van der Waals surface area contributed by atoms with Gasteiger partial charge in [-0.05, 0) is 29.8 Å². The molecule has 3 aromatic rings. The number of ether oxygens (including phenoxy) is 2. The molecule has 0 aliphatic rings. The van der Waals surface area contributed by atoms with Gasteiger partial charge in [0.15, 0.2) is 40.0 Å². The van der Waals surface area contributed by atoms with Crippen molar-refractivity contribution in [1.82, 2.24) is 0 Å². The van der Waals surface area contributed by atoms with Crippen LogP contribution in [0.1, 0.15) is 11.1 Å². The summed E-state index contributed by atoms with van der Waals surface area (Å²) in [5.41, 5.74) is -0.920. The van der Waals surface area contributed by atoms with Crippen LogP contribution in [0, 0.1) is 35.6 Å². The summed E-state index contributed by atoms with van der Waals surface area (Å²) < 4.78 is 83.2. The lowest BCUT2D eigenvalue weighted by atomic mass is 10.1. The third-order valence-electron chi connectivity index (χ3n) is 4.60. The fourth-order valence-corrected chi connectivity index (χ4v) is 3.96. The van der Waals surface area contributed by atoms with Crippen molar-refractivity contribution in [1.29, 1.82) is 0 Å². The van der Waals surface area contributed by atoms with Crippen molar-refractivity contribution >= 4 is 22.4 Å². The minimum Gasteiger partial charge on any atom is -0.497 e. The maximum absolute atomic E-state index is 15.0. The van der Waals surface area contributed by atoms with Gasteiger partial charge in [-0.1, -0.05) is 18.1 Å². The number of terminal acetylenes is 1. The lowest BCUT2D eigenvalue weighted by Gasteiger charge is -2.17. The molecular weight excluding hydrogens is 460 g/mol. The Morgan fingerprint density at radius 2 is 1.67 bits per heavy atom. The predicted molar refractivity (Wildman–Crippen MR) is 118 cm³/mol. The molecule has 0 aliphatic heterocycles. The zero-order valence-corrected chi connectivity index (χ0v) is 18.3. The highest BCUT2D eigenvalue weighted by atomic mass is 32.2. The van der Waals surface area contributed by atoms with E-state index in [9.17, 15) is 21.8 Å². The Labute approximate surface area is 190 Å². The largest absolute Gasteiger partial charge is 0.497 e. The van der Waals surface area contributed by atoms with Gasteiger partial charge in [-0.3, -0.25) is 0 Å². The molecule has 0 saturated carbocycles. The van der Waals surface area contributed by atoms with Gasteiger partial charge >= 0.3 is 0 Å². The third-order valence-corrected chi connectivity index (χ3v) is 5.77. The summed E-state index contributed by atoms with van der Waals surface area (Å²) in [6.07, 6.45) is 5.14. The Kier molecular flexibility index (Phi) is 7.45. The summed E-state index contributed by atoms with van der Waals surface area (Å²) in [7, 11) is 0.225. The Hall–Kier alpha value is -3.71. The highest BCUT2D eigenvalue weighted by molar-refractivity contribution is 7.86. The van der Waals surface area contributed by atoms with Gasteiger partial charge in [0.25, 0.3) is 0 Å². The smallest absolute Gasteiger partial charge is 0.180 e. The Morgan fingerprint density at radius 1 is 0.970 bits per heavy atom. The van der Waals surface area contributed by atoms with Crippen molar-refractivity contribution in [2.45, 2.75) is 11.4 Å². The number of benzene rings is 3. The van der Waals surface area contributed by atoms with E-state index in [2.05, 4.69) is 10.0 Å². The number of nitrogens with one attached hydrogen (secondary N) is 2. The fourth-order valence-electron chi connectivity index (χ4n) is 2.92. The molecule has 0 saturated heterocycles. The Bertz CT molecular complexity index is 1240. The number of methoxy groups -OCH3 is 2. The molecule has 2 N–H and O–H groups in total. The lowest BCUT2D eigenvalue weighted by molar-refractivity contribution is 0.387. The quantitative estimate of drug-likeness (QED) is 0.272. The molecule has 10 heteroatoms. The topological polar surface area (TPSA) is 59.6 Å². The van der Waals surface area contributed by atoms with Crippen LogP contribution in [0.15, 0.2) is 47.4 Å². The van der Waals surface area contributed by atoms with Crippen LogP contribution in [-0.2, 0) is 17.5 Å². The highest BCUT2D eigenvalue weighted by Gasteiger charge is 2.28. The molecule has 0 aromatic heterocycles. The van der Waals surface area contributed by atoms with E-state index in [0.29, 0.717) is 11.3 Å². The van der Waals surface area contributed by atoms with Crippen molar-refractivity contribution in [3.8, 4) is 23.8 Å². The van der Waals surface area contributed by atoms with E-state index in [-0.39, 0.29) is 18.0 Å². The van der Waals surface area contributed by atoms with Crippen LogP contribution < -0.4 is 19.5 Å². The van der Waals surface area contributed by atoms with Crippen LogP contribution in [-0.4, -0.2) is 18.4 Å². The summed E-state index contributed by atoms with van der Waals surface area (Å²) in [4.78, 5) is -0.839. The summed E-state index contributed by atoms with van der Waals surface area (Å²) in [5, 5.41) is 2.63. The summed E-state index contributed by atoms with van der Waals surface area (Å²) >= 11 is 0. The molecule has 172 valence electrons. The SMILES string of the molecule is C#Cc1c(F)c(F)c(S(=O)Nc2ccc(OC)c(F)c2)c(NCc2ccc(OC)cc2)c1F. The molecule has 5 nitrogen and oxygen atoms in total. The van der Waals surface area contributed by atoms with Crippen molar-refractivity contribution in [2.75, 3.05) is 24.3 Å². The van der Waals surface area contributed by atoms with Crippen LogP contribution in [0.5, 0.6) is 11.5 Å². The first-order chi connectivity index (χ1) is 15.8. The van der Waals surface area contributed by atoms with Crippen molar-refractivity contribution < 1.29 is 31.2 Å². The molecule has 0 spiro atoms. The molecule has 1 atom stereocenters. The standard InChI is InChI=1S/C23H18F4N2O3S/c1-4-16-19(25)21(27)23(33(30)29-14-7-10-18(32-3)17(24)11-14)22(20(16)26)28-12-13-5-8-15(31-2)9-6-13/h1,5-11,28-29H,12H2,2-3H3. The molecule has 0 aliphatic carbocycles. The van der Waals surface area contributed by atoms with E-state index >= 15 is 0 Å². The van der Waals surface area contributed by atoms with E-state index in [4.69, 9.17) is 15.9 Å². The molecule has 0 fully saturated rings. The van der Waals surface area contributed by atoms with Gasteiger partial charge in [0.05, 0.1) is 19.9 Å². The number of halogens is 4. The average molecular weight is 478 g/mol. The zero-order chi connectivity index (χ0) is 24.1. The molecule has 0 bridgehead atoms. The van der Waals surface area contributed by atoms with Gasteiger partial charge in [-0.2, -0.15) is 0 Å². The summed E-state index contributed by atoms with van der Waals surface area (Å²) in [5.74, 6) is -3.04. The third kappa shape index (κ3) is 5.04. The van der Waals surface area contributed by atoms with Crippen molar-refractivity contribution in [2.24, 2.45) is 0 Å². The van der Waals surface area contributed by atoms with E-state index in [1.165, 1.54) is 26.4 Å². The van der Waals surface area contributed by atoms with Crippen molar-refractivity contribution in [3.05, 3.63) is 76.9 Å². The zero-order valence-electron chi connectivity index (χ0n) is 17.5. The Morgan fingerprint density at radius 3 is 2.24 bits per heavy atom. The number of hydrogen-bond acceptors (Lipinski definition) is 4. The maximum Gasteiger partial charge on any atom is 0.180 e. The molecule has 3 aromatic carbocycles. The van der Waals surface area contributed by atoms with Crippen molar-refractivity contribution in [3.63, 3.8) is 0 Å². The number of rotatable bonds is 8. The van der Waals surface area contributed by atoms with E-state index in [1.54, 1.807) is 30.2 Å². The first-order valence-corrected chi connectivity index (χ1v) is 10.5. The molecule has 0 radical (unpaired) electrons. The molecule has 1 unspecified atom stereocenters. The second-order valence-electron chi connectivity index (χ2n) is 6.59. The molecule has 0 amide bonds. The normalized spacial score (nSPS) is 11.4. The van der Waals surface area contributed by atoms with Gasteiger partial charge in [-0.25, -0.2) is 21.8 Å². The maximum atomic E-state index is 15.0. The number of hydrogen-bond donors (Lipinski definition) is 2. The molecule has 3 rings (SSSR count). The molecule has 33 heavy (non-hydrogen) atoms. The van der Waals surface area contributed by atoms with Gasteiger partial charge in [0.2, 0.25) is 0 Å². The minimum absolute atomic E-state index is 0.0304. The highest BCUT2D eigenvalue weighted by Crippen LogP contribution is 2.33. The fraction of sp³-hybridized carbons (Fsp3) is 0.130. The van der Waals surface area contributed by atoms with Crippen LogP contribution in [0.3, 0.4) is 0 Å².